The molecule has 2 aromatic carbocycles. The van der Waals surface area contributed by atoms with E-state index in [-0.39, 0.29) is 5.63 Å². The molecule has 0 bridgehead atoms. The summed E-state index contributed by atoms with van der Waals surface area (Å²) < 4.78 is 17.0. The van der Waals surface area contributed by atoms with Crippen LogP contribution in [0.5, 0.6) is 11.5 Å². The Balaban J connectivity index is 1.70. The summed E-state index contributed by atoms with van der Waals surface area (Å²) in [5, 5.41) is 1.000. The Morgan fingerprint density at radius 2 is 2.00 bits per heavy atom. The van der Waals surface area contributed by atoms with Gasteiger partial charge in [0.25, 0.3) is 0 Å². The fourth-order valence-electron chi connectivity index (χ4n) is 4.03. The highest BCUT2D eigenvalue weighted by atomic mass is 16.5. The van der Waals surface area contributed by atoms with Gasteiger partial charge >= 0.3 is 5.63 Å². The van der Waals surface area contributed by atoms with Gasteiger partial charge in [0.2, 0.25) is 0 Å². The number of hydrogen-bond acceptors (Lipinski definition) is 5. The van der Waals surface area contributed by atoms with Crippen molar-refractivity contribution in [2.24, 2.45) is 0 Å². The molecule has 1 aliphatic heterocycles. The summed E-state index contributed by atoms with van der Waals surface area (Å²) >= 11 is 0. The second kappa shape index (κ2) is 7.32. The maximum Gasteiger partial charge on any atom is 0.339 e. The van der Waals surface area contributed by atoms with E-state index in [9.17, 15) is 4.79 Å². The van der Waals surface area contributed by atoms with Crippen molar-refractivity contribution in [2.45, 2.75) is 40.3 Å². The van der Waals surface area contributed by atoms with Crippen LogP contribution in [0.25, 0.3) is 11.0 Å². The van der Waals surface area contributed by atoms with Crippen LogP contribution >= 0.6 is 0 Å². The van der Waals surface area contributed by atoms with E-state index in [4.69, 9.17) is 13.9 Å². The van der Waals surface area contributed by atoms with Crippen molar-refractivity contribution in [1.29, 1.82) is 0 Å². The number of ether oxygens (including phenoxy) is 2. The van der Waals surface area contributed by atoms with Crippen LogP contribution in [-0.2, 0) is 19.5 Å². The molecule has 4 rings (SSSR count). The highest BCUT2D eigenvalue weighted by molar-refractivity contribution is 5.87. The average molecular weight is 379 g/mol. The fourth-order valence-corrected chi connectivity index (χ4v) is 4.03. The smallest absolute Gasteiger partial charge is 0.339 e. The lowest BCUT2D eigenvalue weighted by Crippen LogP contribution is -2.32. The van der Waals surface area contributed by atoms with E-state index in [0.29, 0.717) is 18.7 Å². The molecule has 5 nitrogen and oxygen atoms in total. The van der Waals surface area contributed by atoms with Gasteiger partial charge in [-0.1, -0.05) is 19.1 Å². The van der Waals surface area contributed by atoms with E-state index in [1.807, 2.05) is 39.0 Å². The third-order valence-electron chi connectivity index (χ3n) is 5.51. The normalized spacial score (nSPS) is 14.0. The quantitative estimate of drug-likeness (QED) is 0.632. The third-order valence-corrected chi connectivity index (χ3v) is 5.51. The summed E-state index contributed by atoms with van der Waals surface area (Å²) in [6, 6.07) is 10.2. The van der Waals surface area contributed by atoms with Crippen molar-refractivity contribution in [2.75, 3.05) is 13.8 Å². The molecule has 0 aliphatic carbocycles. The van der Waals surface area contributed by atoms with Gasteiger partial charge in [-0.3, -0.25) is 4.90 Å². The fraction of sp³-hybridized carbons (Fsp3) is 0.348. The van der Waals surface area contributed by atoms with Crippen LogP contribution in [0, 0.1) is 13.8 Å². The minimum atomic E-state index is -0.244. The zero-order valence-corrected chi connectivity index (χ0v) is 16.8. The number of nitrogens with zero attached hydrogens (tertiary/aromatic N) is 1. The van der Waals surface area contributed by atoms with E-state index in [0.717, 1.165) is 52.2 Å². The second-order valence-electron chi connectivity index (χ2n) is 7.33. The number of methoxy groups -OCH3 is 1. The van der Waals surface area contributed by atoms with E-state index in [1.165, 1.54) is 5.56 Å². The Bertz CT molecular complexity index is 1100. The molecule has 3 aromatic rings. The Morgan fingerprint density at radius 3 is 2.75 bits per heavy atom. The largest absolute Gasteiger partial charge is 0.497 e. The Labute approximate surface area is 164 Å². The topological polar surface area (TPSA) is 51.9 Å². The summed E-state index contributed by atoms with van der Waals surface area (Å²) in [5.74, 6) is 1.69. The van der Waals surface area contributed by atoms with E-state index >= 15 is 0 Å². The summed E-state index contributed by atoms with van der Waals surface area (Å²) in [6.07, 6.45) is 0.665. The number of hydrogen-bond donors (Lipinski definition) is 0. The first-order chi connectivity index (χ1) is 13.5. The molecule has 0 unspecified atom stereocenters. The highest BCUT2D eigenvalue weighted by Gasteiger charge is 2.23. The van der Waals surface area contributed by atoms with E-state index < -0.39 is 0 Å². The predicted octanol–water partition coefficient (Wildman–Crippen LogP) is 4.33. The van der Waals surface area contributed by atoms with Crippen LogP contribution in [0.1, 0.15) is 34.7 Å². The molecule has 5 heteroatoms. The molecule has 0 radical (unpaired) electrons. The number of benzene rings is 2. The van der Waals surface area contributed by atoms with Crippen molar-refractivity contribution in [3.05, 3.63) is 68.6 Å². The van der Waals surface area contributed by atoms with Gasteiger partial charge in [-0.25, -0.2) is 4.79 Å². The second-order valence-corrected chi connectivity index (χ2v) is 7.33. The molecule has 1 aliphatic rings. The van der Waals surface area contributed by atoms with Gasteiger partial charge in [-0.05, 0) is 49.6 Å². The Kier molecular flexibility index (Phi) is 4.85. The molecule has 1 aromatic heterocycles. The van der Waals surface area contributed by atoms with E-state index in [2.05, 4.69) is 17.0 Å². The maximum absolute atomic E-state index is 12.3. The zero-order chi connectivity index (χ0) is 19.8. The molecule has 0 spiro atoms. The summed E-state index contributed by atoms with van der Waals surface area (Å²) in [5.41, 5.74) is 5.35. The van der Waals surface area contributed by atoms with Crippen molar-refractivity contribution in [3.63, 3.8) is 0 Å². The molecule has 2 heterocycles. The van der Waals surface area contributed by atoms with Crippen LogP contribution in [-0.4, -0.2) is 18.7 Å². The number of aryl methyl sites for hydroxylation is 2. The van der Waals surface area contributed by atoms with Gasteiger partial charge in [-0.15, -0.1) is 0 Å². The predicted molar refractivity (Wildman–Crippen MR) is 109 cm³/mol. The first kappa shape index (κ1) is 18.6. The lowest BCUT2D eigenvalue weighted by Gasteiger charge is -2.30. The van der Waals surface area contributed by atoms with Gasteiger partial charge in [0.1, 0.15) is 23.8 Å². The average Bonchev–Trinajstić information content (AvgIpc) is 2.69. The SMILES string of the molecule is CCc1c(C)c2cc3c(c(C)c2oc1=O)OCN(Cc1cccc(OC)c1)C3. The minimum absolute atomic E-state index is 0.244. The first-order valence-corrected chi connectivity index (χ1v) is 9.58. The minimum Gasteiger partial charge on any atom is -0.497 e. The molecule has 0 saturated carbocycles. The molecule has 0 amide bonds. The van der Waals surface area contributed by atoms with Crippen LogP contribution < -0.4 is 15.1 Å². The Morgan fingerprint density at radius 1 is 1.18 bits per heavy atom. The van der Waals surface area contributed by atoms with Gasteiger partial charge in [0.15, 0.2) is 0 Å². The first-order valence-electron chi connectivity index (χ1n) is 9.58. The molecule has 0 atom stereocenters. The molecule has 0 saturated heterocycles. The summed E-state index contributed by atoms with van der Waals surface area (Å²) in [6.45, 7) is 8.00. The van der Waals surface area contributed by atoms with Crippen LogP contribution in [0.4, 0.5) is 0 Å². The van der Waals surface area contributed by atoms with Gasteiger partial charge in [0, 0.05) is 35.2 Å². The van der Waals surface area contributed by atoms with Crippen molar-refractivity contribution in [3.8, 4) is 11.5 Å². The molecular formula is C23H25NO4. The highest BCUT2D eigenvalue weighted by Crippen LogP contribution is 2.36. The third kappa shape index (κ3) is 3.16. The number of fused-ring (bicyclic) bond motifs is 2. The summed E-state index contributed by atoms with van der Waals surface area (Å²) in [4.78, 5) is 14.5. The van der Waals surface area contributed by atoms with Crippen molar-refractivity contribution >= 4 is 11.0 Å². The zero-order valence-electron chi connectivity index (χ0n) is 16.8. The lowest BCUT2D eigenvalue weighted by atomic mass is 9.98. The molecular weight excluding hydrogens is 354 g/mol. The van der Waals surface area contributed by atoms with E-state index in [1.54, 1.807) is 7.11 Å². The van der Waals surface area contributed by atoms with Crippen LogP contribution in [0.3, 0.4) is 0 Å². The number of rotatable bonds is 4. The maximum atomic E-state index is 12.3. The van der Waals surface area contributed by atoms with Crippen molar-refractivity contribution < 1.29 is 13.9 Å². The molecule has 28 heavy (non-hydrogen) atoms. The van der Waals surface area contributed by atoms with Gasteiger partial charge in [-0.2, -0.15) is 0 Å². The Hall–Kier alpha value is -2.79. The molecule has 0 fully saturated rings. The van der Waals surface area contributed by atoms with Crippen LogP contribution in [0.2, 0.25) is 0 Å². The standard InChI is InChI=1S/C23H25NO4/c1-5-19-14(2)20-10-17-12-24(11-16-7-6-8-18(9-16)26-4)13-27-21(17)15(3)22(20)28-23(19)25/h6-10H,5,11-13H2,1-4H3. The van der Waals surface area contributed by atoms with Gasteiger partial charge in [0.05, 0.1) is 7.11 Å². The lowest BCUT2D eigenvalue weighted by molar-refractivity contribution is 0.0880. The van der Waals surface area contributed by atoms with Crippen LogP contribution in [0.15, 0.2) is 39.5 Å². The summed E-state index contributed by atoms with van der Waals surface area (Å²) in [7, 11) is 1.68. The monoisotopic (exact) mass is 379 g/mol. The molecule has 146 valence electrons. The van der Waals surface area contributed by atoms with Gasteiger partial charge < -0.3 is 13.9 Å². The van der Waals surface area contributed by atoms with Crippen molar-refractivity contribution in [1.82, 2.24) is 4.90 Å². The molecule has 0 N–H and O–H groups in total.